The molecule has 1 N–H and O–H groups in total. The van der Waals surface area contributed by atoms with E-state index >= 15 is 0 Å². The highest BCUT2D eigenvalue weighted by atomic mass is 16.3. The van der Waals surface area contributed by atoms with Crippen LogP contribution in [0.25, 0.3) is 16.7 Å². The molecular formula is C22H25N5O2. The zero-order valence-corrected chi connectivity index (χ0v) is 17.3. The Morgan fingerprint density at radius 1 is 1.14 bits per heavy atom. The summed E-state index contributed by atoms with van der Waals surface area (Å²) in [5.74, 6) is 1.20. The molecule has 0 spiro atoms. The van der Waals surface area contributed by atoms with Gasteiger partial charge in [-0.2, -0.15) is 0 Å². The molecule has 3 heterocycles. The number of carbonyl (C=O) groups is 1. The molecule has 0 saturated carbocycles. The molecule has 0 fully saturated rings. The van der Waals surface area contributed by atoms with Gasteiger partial charge in [0.05, 0.1) is 17.3 Å². The molecule has 2 atom stereocenters. The molecule has 3 aromatic heterocycles. The van der Waals surface area contributed by atoms with Gasteiger partial charge in [-0.1, -0.05) is 44.2 Å². The summed E-state index contributed by atoms with van der Waals surface area (Å²) in [6.07, 6.45) is 1.60. The Balaban J connectivity index is 1.69. The number of rotatable bonds is 5. The van der Waals surface area contributed by atoms with Gasteiger partial charge >= 0.3 is 0 Å². The molecule has 0 unspecified atom stereocenters. The molecule has 1 amide bonds. The van der Waals surface area contributed by atoms with Gasteiger partial charge in [-0.15, -0.1) is 5.10 Å². The van der Waals surface area contributed by atoms with Crippen LogP contribution in [0.15, 0.2) is 41.1 Å². The summed E-state index contributed by atoms with van der Waals surface area (Å²) in [4.78, 5) is 22.0. The van der Waals surface area contributed by atoms with Crippen LogP contribution < -0.4 is 5.32 Å². The van der Waals surface area contributed by atoms with E-state index in [0.29, 0.717) is 17.2 Å². The molecule has 0 aliphatic carbocycles. The normalized spacial score (nSPS) is 13.9. The van der Waals surface area contributed by atoms with Crippen LogP contribution >= 0.6 is 0 Å². The maximum absolute atomic E-state index is 12.9. The van der Waals surface area contributed by atoms with Gasteiger partial charge in [-0.3, -0.25) is 4.79 Å². The average molecular weight is 391 g/mol. The van der Waals surface area contributed by atoms with E-state index < -0.39 is 0 Å². The lowest BCUT2D eigenvalue weighted by Gasteiger charge is -2.22. The third-order valence-electron chi connectivity index (χ3n) is 5.46. The number of nitrogens with zero attached hydrogens (tertiary/aromatic N) is 4. The van der Waals surface area contributed by atoms with Crippen molar-refractivity contribution in [3.8, 4) is 0 Å². The number of amides is 1. The molecule has 29 heavy (non-hydrogen) atoms. The first-order valence-corrected chi connectivity index (χ1v) is 9.83. The van der Waals surface area contributed by atoms with Crippen LogP contribution in [0, 0.1) is 19.8 Å². The Bertz CT molecular complexity index is 1180. The maximum Gasteiger partial charge on any atom is 0.231 e. The van der Waals surface area contributed by atoms with Crippen LogP contribution in [0.3, 0.4) is 0 Å². The SMILES string of the molecule is Cc1oc2ncn3nc([C@H](NC(=O)[C@@H](C)c4ccccc4)C(C)C)nc3c2c1C. The fourth-order valence-corrected chi connectivity index (χ4v) is 3.49. The van der Waals surface area contributed by atoms with Crippen molar-refractivity contribution < 1.29 is 9.21 Å². The summed E-state index contributed by atoms with van der Waals surface area (Å²) in [7, 11) is 0. The van der Waals surface area contributed by atoms with Crippen LogP contribution in [0.5, 0.6) is 0 Å². The first kappa shape index (κ1) is 19.1. The lowest BCUT2D eigenvalue weighted by Crippen LogP contribution is -2.35. The van der Waals surface area contributed by atoms with E-state index in [1.807, 2.05) is 65.0 Å². The van der Waals surface area contributed by atoms with Crippen LogP contribution in [-0.4, -0.2) is 25.5 Å². The van der Waals surface area contributed by atoms with E-state index in [1.165, 1.54) is 0 Å². The zero-order chi connectivity index (χ0) is 20.7. The Kier molecular flexibility index (Phi) is 4.82. The quantitative estimate of drug-likeness (QED) is 0.553. The summed E-state index contributed by atoms with van der Waals surface area (Å²) in [5, 5.41) is 8.60. The minimum atomic E-state index is -0.308. The van der Waals surface area contributed by atoms with Crippen molar-refractivity contribution in [3.63, 3.8) is 0 Å². The van der Waals surface area contributed by atoms with Crippen molar-refractivity contribution in [1.82, 2.24) is 24.9 Å². The molecule has 7 heteroatoms. The van der Waals surface area contributed by atoms with Gasteiger partial charge in [0, 0.05) is 5.56 Å². The minimum Gasteiger partial charge on any atom is -0.443 e. The van der Waals surface area contributed by atoms with Gasteiger partial charge in [0.15, 0.2) is 11.5 Å². The molecule has 0 bridgehead atoms. The van der Waals surface area contributed by atoms with Gasteiger partial charge in [0.25, 0.3) is 0 Å². The third kappa shape index (κ3) is 3.37. The summed E-state index contributed by atoms with van der Waals surface area (Å²) in [6.45, 7) is 9.90. The monoisotopic (exact) mass is 391 g/mol. The second kappa shape index (κ2) is 7.31. The number of aryl methyl sites for hydroxylation is 2. The second-order valence-corrected chi connectivity index (χ2v) is 7.81. The van der Waals surface area contributed by atoms with E-state index in [-0.39, 0.29) is 23.8 Å². The maximum atomic E-state index is 12.9. The molecular weight excluding hydrogens is 366 g/mol. The average Bonchev–Trinajstić information content (AvgIpc) is 3.26. The second-order valence-electron chi connectivity index (χ2n) is 7.81. The standard InChI is InChI=1S/C22H25N5O2/c1-12(2)18(24-21(28)14(4)16-9-7-6-8-10-16)19-25-20-17-13(3)15(5)29-22(17)23-11-27(20)26-19/h6-12,14,18H,1-5H3,(H,24,28)/t14-,18+/m0/s1. The van der Waals surface area contributed by atoms with Crippen molar-refractivity contribution in [2.45, 2.75) is 46.6 Å². The van der Waals surface area contributed by atoms with Crippen LogP contribution in [0.2, 0.25) is 0 Å². The molecule has 150 valence electrons. The van der Waals surface area contributed by atoms with Gasteiger partial charge in [0.1, 0.15) is 12.1 Å². The van der Waals surface area contributed by atoms with Crippen molar-refractivity contribution in [2.24, 2.45) is 5.92 Å². The van der Waals surface area contributed by atoms with Gasteiger partial charge < -0.3 is 9.73 Å². The zero-order valence-electron chi connectivity index (χ0n) is 17.3. The van der Waals surface area contributed by atoms with Gasteiger partial charge in [-0.25, -0.2) is 14.5 Å². The number of hydrogen-bond acceptors (Lipinski definition) is 5. The number of nitrogens with one attached hydrogen (secondary N) is 1. The fourth-order valence-electron chi connectivity index (χ4n) is 3.49. The van der Waals surface area contributed by atoms with Crippen LogP contribution in [0.1, 0.15) is 55.4 Å². The summed E-state index contributed by atoms with van der Waals surface area (Å²) in [5.41, 5.74) is 3.22. The Morgan fingerprint density at radius 3 is 2.55 bits per heavy atom. The Morgan fingerprint density at radius 2 is 1.86 bits per heavy atom. The molecule has 1 aromatic carbocycles. The molecule has 0 saturated heterocycles. The summed E-state index contributed by atoms with van der Waals surface area (Å²) >= 11 is 0. The number of hydrogen-bond donors (Lipinski definition) is 1. The van der Waals surface area contributed by atoms with E-state index in [9.17, 15) is 4.79 Å². The fraction of sp³-hybridized carbons (Fsp3) is 0.364. The first-order valence-electron chi connectivity index (χ1n) is 9.83. The van der Waals surface area contributed by atoms with Crippen molar-refractivity contribution in [3.05, 3.63) is 59.4 Å². The highest BCUT2D eigenvalue weighted by Crippen LogP contribution is 2.28. The minimum absolute atomic E-state index is 0.0487. The predicted octanol–water partition coefficient (Wildman–Crippen LogP) is 4.10. The number of fused-ring (bicyclic) bond motifs is 3. The van der Waals surface area contributed by atoms with Crippen LogP contribution in [0.4, 0.5) is 0 Å². The van der Waals surface area contributed by atoms with Crippen molar-refractivity contribution in [2.75, 3.05) is 0 Å². The lowest BCUT2D eigenvalue weighted by molar-refractivity contribution is -0.123. The summed E-state index contributed by atoms with van der Waals surface area (Å²) < 4.78 is 7.36. The summed E-state index contributed by atoms with van der Waals surface area (Å²) in [6, 6.07) is 9.44. The van der Waals surface area contributed by atoms with E-state index in [1.54, 1.807) is 10.8 Å². The molecule has 4 rings (SSSR count). The van der Waals surface area contributed by atoms with Gasteiger partial charge in [0.2, 0.25) is 11.6 Å². The predicted molar refractivity (Wildman–Crippen MR) is 111 cm³/mol. The van der Waals surface area contributed by atoms with Crippen molar-refractivity contribution >= 4 is 22.7 Å². The number of furan rings is 1. The molecule has 7 nitrogen and oxygen atoms in total. The molecule has 0 aliphatic heterocycles. The smallest absolute Gasteiger partial charge is 0.231 e. The highest BCUT2D eigenvalue weighted by molar-refractivity contribution is 5.91. The molecule has 0 radical (unpaired) electrons. The molecule has 4 aromatic rings. The number of aromatic nitrogens is 4. The Labute approximate surface area is 169 Å². The largest absolute Gasteiger partial charge is 0.443 e. The number of benzene rings is 1. The van der Waals surface area contributed by atoms with E-state index in [4.69, 9.17) is 9.40 Å². The lowest BCUT2D eigenvalue weighted by atomic mass is 9.98. The molecule has 0 aliphatic rings. The topological polar surface area (TPSA) is 85.3 Å². The van der Waals surface area contributed by atoms with Crippen LogP contribution in [-0.2, 0) is 4.79 Å². The Hall–Kier alpha value is -3.22. The van der Waals surface area contributed by atoms with E-state index in [0.717, 1.165) is 22.3 Å². The highest BCUT2D eigenvalue weighted by Gasteiger charge is 2.27. The number of carbonyl (C=O) groups excluding carboxylic acids is 1. The first-order chi connectivity index (χ1) is 13.9. The van der Waals surface area contributed by atoms with Gasteiger partial charge in [-0.05, 0) is 32.3 Å². The van der Waals surface area contributed by atoms with Crippen molar-refractivity contribution in [1.29, 1.82) is 0 Å². The van der Waals surface area contributed by atoms with E-state index in [2.05, 4.69) is 15.4 Å². The third-order valence-corrected chi connectivity index (χ3v) is 5.46.